The summed E-state index contributed by atoms with van der Waals surface area (Å²) >= 11 is 0. The van der Waals surface area contributed by atoms with Crippen LogP contribution in [0.25, 0.3) is 11.6 Å². The summed E-state index contributed by atoms with van der Waals surface area (Å²) in [7, 11) is 0. The zero-order valence-corrected chi connectivity index (χ0v) is 13.9. The van der Waals surface area contributed by atoms with Crippen LogP contribution < -0.4 is 11.2 Å². The van der Waals surface area contributed by atoms with Crippen molar-refractivity contribution in [2.75, 3.05) is 0 Å². The Bertz CT molecular complexity index is 1180. The van der Waals surface area contributed by atoms with E-state index in [0.29, 0.717) is 11.3 Å². The predicted octanol–water partition coefficient (Wildman–Crippen LogP) is 2.75. The standard InChI is InChI=1S/C20H15N3O3/c1-11-7-8-16-13(9-11)14(17(21-16)12-5-3-2-4-6-12)10-15-18(24)22-20(26)23-19(15)25/h2-10H,1H3,(H3,22,23,24,25,26). The van der Waals surface area contributed by atoms with Gasteiger partial charge in [0.15, 0.2) is 0 Å². The zero-order valence-electron chi connectivity index (χ0n) is 13.9. The van der Waals surface area contributed by atoms with Gasteiger partial charge in [-0.05, 0) is 25.1 Å². The molecule has 0 atom stereocenters. The summed E-state index contributed by atoms with van der Waals surface area (Å²) in [6.07, 6.45) is 1.56. The molecule has 0 spiro atoms. The molecule has 3 aromatic rings. The first-order valence-corrected chi connectivity index (χ1v) is 8.06. The lowest BCUT2D eigenvalue weighted by Gasteiger charge is -2.07. The number of H-pyrrole nitrogens is 2. The monoisotopic (exact) mass is 345 g/mol. The van der Waals surface area contributed by atoms with Crippen LogP contribution >= 0.6 is 0 Å². The van der Waals surface area contributed by atoms with Gasteiger partial charge in [0.05, 0.1) is 11.4 Å². The minimum absolute atomic E-state index is 0.0161. The maximum absolute atomic E-state index is 12.2. The molecule has 0 fully saturated rings. The van der Waals surface area contributed by atoms with E-state index in [-0.39, 0.29) is 5.56 Å². The molecule has 4 rings (SSSR count). The third kappa shape index (κ3) is 2.67. The second-order valence-electron chi connectivity index (χ2n) is 6.08. The fraction of sp³-hybridized carbons (Fsp3) is 0.0500. The van der Waals surface area contributed by atoms with E-state index in [1.54, 1.807) is 6.08 Å². The Balaban J connectivity index is 1.98. The third-order valence-electron chi connectivity index (χ3n) is 4.22. The van der Waals surface area contributed by atoms with Crippen LogP contribution in [0.1, 0.15) is 22.3 Å². The molecule has 0 radical (unpaired) electrons. The Morgan fingerprint density at radius 3 is 2.54 bits per heavy atom. The van der Waals surface area contributed by atoms with Crippen LogP contribution in [-0.2, 0) is 0 Å². The van der Waals surface area contributed by atoms with E-state index >= 15 is 0 Å². The number of benzene rings is 2. The third-order valence-corrected chi connectivity index (χ3v) is 4.22. The zero-order chi connectivity index (χ0) is 18.3. The average Bonchev–Trinajstić information content (AvgIpc) is 2.96. The summed E-state index contributed by atoms with van der Waals surface area (Å²) in [5, 5.41) is 10.0. The molecule has 0 unspecified atom stereocenters. The Morgan fingerprint density at radius 2 is 1.81 bits per heavy atom. The van der Waals surface area contributed by atoms with E-state index in [0.717, 1.165) is 22.4 Å². The van der Waals surface area contributed by atoms with E-state index in [9.17, 15) is 14.7 Å². The summed E-state index contributed by atoms with van der Waals surface area (Å²) in [6, 6.07) is 15.5. The van der Waals surface area contributed by atoms with Gasteiger partial charge in [-0.2, -0.15) is 0 Å². The number of hydrogen-bond donors (Lipinski definition) is 3. The second kappa shape index (κ2) is 6.00. The van der Waals surface area contributed by atoms with Crippen molar-refractivity contribution in [2.45, 2.75) is 6.92 Å². The lowest BCUT2D eigenvalue weighted by molar-refractivity contribution is 0.447. The van der Waals surface area contributed by atoms with Crippen LogP contribution in [0.15, 0.2) is 63.1 Å². The number of nitrogens with one attached hydrogen (secondary N) is 2. The van der Waals surface area contributed by atoms with Crippen molar-refractivity contribution in [1.82, 2.24) is 9.97 Å². The Hall–Kier alpha value is -3.67. The van der Waals surface area contributed by atoms with Crippen molar-refractivity contribution in [3.8, 4) is 5.88 Å². The molecule has 1 aliphatic rings. The van der Waals surface area contributed by atoms with Crippen LogP contribution in [0.2, 0.25) is 0 Å². The summed E-state index contributed by atoms with van der Waals surface area (Å²) in [5.41, 5.74) is 3.60. The van der Waals surface area contributed by atoms with Gasteiger partial charge in [0.25, 0.3) is 5.56 Å². The molecule has 6 heteroatoms. The largest absolute Gasteiger partial charge is 0.494 e. The van der Waals surface area contributed by atoms with Crippen LogP contribution in [-0.4, -0.2) is 20.8 Å². The van der Waals surface area contributed by atoms with Gasteiger partial charge < -0.3 is 5.11 Å². The van der Waals surface area contributed by atoms with Gasteiger partial charge in [-0.1, -0.05) is 42.0 Å². The Kier molecular flexibility index (Phi) is 3.65. The number of allylic oxidation sites excluding steroid dienone is 1. The molecule has 26 heavy (non-hydrogen) atoms. The quantitative estimate of drug-likeness (QED) is 0.666. The number of aromatic nitrogens is 2. The molecular weight excluding hydrogens is 330 g/mol. The number of rotatable bonds is 2. The molecule has 3 N–H and O–H groups in total. The molecule has 2 heterocycles. The summed E-state index contributed by atoms with van der Waals surface area (Å²) in [6.45, 7) is 1.97. The van der Waals surface area contributed by atoms with Crippen molar-refractivity contribution in [3.05, 3.63) is 91.6 Å². The van der Waals surface area contributed by atoms with Crippen molar-refractivity contribution < 1.29 is 5.11 Å². The maximum Gasteiger partial charge on any atom is 0.328 e. The fourth-order valence-corrected chi connectivity index (χ4v) is 3.00. The van der Waals surface area contributed by atoms with E-state index in [1.165, 1.54) is 0 Å². The SMILES string of the molecule is Cc1ccc2c(c1)C(=Cc1c(O)[nH]c(=O)[nH]c1=O)C(c1ccccc1)=N2. The molecule has 2 aromatic carbocycles. The van der Waals surface area contributed by atoms with E-state index < -0.39 is 17.1 Å². The highest BCUT2D eigenvalue weighted by molar-refractivity contribution is 6.39. The van der Waals surface area contributed by atoms with Crippen LogP contribution in [0.4, 0.5) is 5.69 Å². The highest BCUT2D eigenvalue weighted by Crippen LogP contribution is 2.38. The minimum atomic E-state index is -0.755. The number of aromatic amines is 2. The highest BCUT2D eigenvalue weighted by Gasteiger charge is 2.23. The summed E-state index contributed by atoms with van der Waals surface area (Å²) < 4.78 is 0. The first-order valence-electron chi connectivity index (χ1n) is 8.06. The predicted molar refractivity (Wildman–Crippen MR) is 101 cm³/mol. The topological polar surface area (TPSA) is 98.3 Å². The molecule has 0 amide bonds. The van der Waals surface area contributed by atoms with Crippen molar-refractivity contribution in [3.63, 3.8) is 0 Å². The highest BCUT2D eigenvalue weighted by atomic mass is 16.3. The van der Waals surface area contributed by atoms with Crippen LogP contribution in [0, 0.1) is 6.92 Å². The first-order chi connectivity index (χ1) is 12.5. The Morgan fingerprint density at radius 1 is 1.04 bits per heavy atom. The number of hydrogen-bond acceptors (Lipinski definition) is 4. The van der Waals surface area contributed by atoms with Gasteiger partial charge >= 0.3 is 5.69 Å². The van der Waals surface area contributed by atoms with Gasteiger partial charge in [-0.25, -0.2) is 9.79 Å². The smallest absolute Gasteiger partial charge is 0.328 e. The molecule has 6 nitrogen and oxygen atoms in total. The molecule has 0 saturated heterocycles. The number of aliphatic imine (C=N–C) groups is 1. The molecule has 128 valence electrons. The fourth-order valence-electron chi connectivity index (χ4n) is 3.00. The van der Waals surface area contributed by atoms with Crippen molar-refractivity contribution >= 4 is 23.0 Å². The molecule has 1 aromatic heterocycles. The van der Waals surface area contributed by atoms with E-state index in [1.807, 2.05) is 55.5 Å². The lowest BCUT2D eigenvalue weighted by Crippen LogP contribution is -2.23. The Labute approximate surface area is 148 Å². The van der Waals surface area contributed by atoms with Crippen LogP contribution in [0.3, 0.4) is 0 Å². The van der Waals surface area contributed by atoms with Gasteiger partial charge in [0, 0.05) is 16.7 Å². The lowest BCUT2D eigenvalue weighted by atomic mass is 9.95. The van der Waals surface area contributed by atoms with Gasteiger partial charge in [0.1, 0.15) is 5.56 Å². The average molecular weight is 345 g/mol. The van der Waals surface area contributed by atoms with E-state index in [4.69, 9.17) is 4.99 Å². The number of aryl methyl sites for hydroxylation is 1. The number of nitrogens with zero attached hydrogens (tertiary/aromatic N) is 1. The van der Waals surface area contributed by atoms with Gasteiger partial charge in [-0.15, -0.1) is 0 Å². The minimum Gasteiger partial charge on any atom is -0.494 e. The molecule has 0 saturated carbocycles. The van der Waals surface area contributed by atoms with Crippen molar-refractivity contribution in [1.29, 1.82) is 0 Å². The van der Waals surface area contributed by atoms with Crippen molar-refractivity contribution in [2.24, 2.45) is 4.99 Å². The summed E-state index contributed by atoms with van der Waals surface area (Å²) in [5.74, 6) is -0.472. The molecule has 1 aliphatic heterocycles. The summed E-state index contributed by atoms with van der Waals surface area (Å²) in [4.78, 5) is 32.5. The molecule has 0 bridgehead atoms. The van der Waals surface area contributed by atoms with Gasteiger partial charge in [0.2, 0.25) is 5.88 Å². The molecule has 0 aliphatic carbocycles. The van der Waals surface area contributed by atoms with Gasteiger partial charge in [-0.3, -0.25) is 14.8 Å². The maximum atomic E-state index is 12.2. The second-order valence-corrected chi connectivity index (χ2v) is 6.08. The van der Waals surface area contributed by atoms with E-state index in [2.05, 4.69) is 9.97 Å². The number of fused-ring (bicyclic) bond motifs is 1. The number of aromatic hydroxyl groups is 1. The normalized spacial score (nSPS) is 14.3. The molecular formula is C20H15N3O3. The first kappa shape index (κ1) is 15.8. The van der Waals surface area contributed by atoms with Crippen LogP contribution in [0.5, 0.6) is 5.88 Å².